The fourth-order valence-corrected chi connectivity index (χ4v) is 3.23. The van der Waals surface area contributed by atoms with Gasteiger partial charge in [-0.05, 0) is 31.2 Å². The summed E-state index contributed by atoms with van der Waals surface area (Å²) in [6.45, 7) is 2.41. The van der Waals surface area contributed by atoms with Crippen molar-refractivity contribution in [3.05, 3.63) is 45.6 Å². The maximum atomic E-state index is 12.5. The van der Waals surface area contributed by atoms with Crippen molar-refractivity contribution in [2.45, 2.75) is 13.0 Å². The summed E-state index contributed by atoms with van der Waals surface area (Å²) in [5, 5.41) is 2.89. The Bertz CT molecular complexity index is 646. The molecule has 23 heavy (non-hydrogen) atoms. The minimum Gasteiger partial charge on any atom is -0.496 e. The fraction of sp³-hybridized carbons (Fsp3) is 0.353. The molecule has 124 valence electrons. The summed E-state index contributed by atoms with van der Waals surface area (Å²) in [6, 6.07) is 9.30. The van der Waals surface area contributed by atoms with E-state index in [1.807, 2.05) is 19.1 Å². The summed E-state index contributed by atoms with van der Waals surface area (Å²) in [4.78, 5) is 14.8. The monoisotopic (exact) mass is 335 g/mol. The Kier molecular flexibility index (Phi) is 6.01. The highest BCUT2D eigenvalue weighted by Crippen LogP contribution is 2.29. The van der Waals surface area contributed by atoms with Crippen molar-refractivity contribution < 1.29 is 19.0 Å². The lowest BCUT2D eigenvalue weighted by atomic mass is 10.1. The molecule has 1 N–H and O–H groups in total. The Morgan fingerprint density at radius 2 is 1.78 bits per heavy atom. The lowest BCUT2D eigenvalue weighted by molar-refractivity contribution is 0.0833. The van der Waals surface area contributed by atoms with Gasteiger partial charge in [-0.15, -0.1) is 11.3 Å². The van der Waals surface area contributed by atoms with E-state index in [1.165, 1.54) is 19.1 Å². The van der Waals surface area contributed by atoms with E-state index < -0.39 is 0 Å². The third-order valence-corrected chi connectivity index (χ3v) is 4.56. The Hall–Kier alpha value is -2.05. The summed E-state index contributed by atoms with van der Waals surface area (Å²) in [7, 11) is 4.69. The van der Waals surface area contributed by atoms with Crippen molar-refractivity contribution in [2.24, 2.45) is 0 Å². The highest BCUT2D eigenvalue weighted by molar-refractivity contribution is 7.12. The molecule has 5 nitrogen and oxygen atoms in total. The molecule has 0 radical (unpaired) electrons. The molecule has 0 bridgehead atoms. The van der Waals surface area contributed by atoms with Crippen LogP contribution in [0, 0.1) is 6.92 Å². The van der Waals surface area contributed by atoms with Gasteiger partial charge in [-0.3, -0.25) is 4.79 Å². The van der Waals surface area contributed by atoms with Gasteiger partial charge in [-0.1, -0.05) is 6.07 Å². The van der Waals surface area contributed by atoms with Crippen LogP contribution >= 0.6 is 11.3 Å². The molecule has 0 unspecified atom stereocenters. The zero-order valence-electron chi connectivity index (χ0n) is 13.7. The number of hydrogen-bond acceptors (Lipinski definition) is 5. The predicted octanol–water partition coefficient (Wildman–Crippen LogP) is 3.19. The predicted molar refractivity (Wildman–Crippen MR) is 90.7 cm³/mol. The lowest BCUT2D eigenvalue weighted by Crippen LogP contribution is -2.29. The summed E-state index contributed by atoms with van der Waals surface area (Å²) in [6.07, 6.45) is -0.182. The molecule has 0 saturated carbocycles. The molecule has 1 aromatic carbocycles. The molecular weight excluding hydrogens is 314 g/mol. The quantitative estimate of drug-likeness (QED) is 0.844. The van der Waals surface area contributed by atoms with E-state index in [0.717, 1.165) is 4.88 Å². The molecule has 0 aliphatic rings. The van der Waals surface area contributed by atoms with Crippen LogP contribution in [0.25, 0.3) is 0 Å². The molecule has 0 saturated heterocycles. The van der Waals surface area contributed by atoms with E-state index in [9.17, 15) is 4.79 Å². The van der Waals surface area contributed by atoms with Gasteiger partial charge in [0.1, 0.15) is 23.2 Å². The zero-order valence-corrected chi connectivity index (χ0v) is 14.5. The number of thiophene rings is 1. The molecule has 6 heteroatoms. The highest BCUT2D eigenvalue weighted by atomic mass is 32.1. The molecule has 0 spiro atoms. The second-order valence-corrected chi connectivity index (χ2v) is 6.24. The van der Waals surface area contributed by atoms with Gasteiger partial charge in [-0.2, -0.15) is 0 Å². The molecule has 2 rings (SSSR count). The molecule has 2 aromatic rings. The number of carbonyl (C=O) groups is 1. The van der Waals surface area contributed by atoms with Crippen molar-refractivity contribution in [3.8, 4) is 11.5 Å². The van der Waals surface area contributed by atoms with E-state index in [0.29, 0.717) is 23.6 Å². The van der Waals surface area contributed by atoms with Crippen LogP contribution in [0.4, 0.5) is 0 Å². The average molecular weight is 335 g/mol. The topological polar surface area (TPSA) is 56.8 Å². The highest BCUT2D eigenvalue weighted by Gasteiger charge is 2.20. The molecule has 0 fully saturated rings. The van der Waals surface area contributed by atoms with Gasteiger partial charge in [0.25, 0.3) is 5.91 Å². The Labute approximate surface area is 140 Å². The molecule has 1 heterocycles. The minimum atomic E-state index is -0.255. The number of aryl methyl sites for hydroxylation is 1. The zero-order chi connectivity index (χ0) is 16.8. The first-order chi connectivity index (χ1) is 11.1. The van der Waals surface area contributed by atoms with Gasteiger partial charge in [0.05, 0.1) is 14.2 Å². The fourth-order valence-electron chi connectivity index (χ4n) is 2.28. The Balaban J connectivity index is 2.13. The van der Waals surface area contributed by atoms with Crippen LogP contribution in [0.5, 0.6) is 11.5 Å². The molecule has 0 aliphatic heterocycles. The van der Waals surface area contributed by atoms with Crippen LogP contribution in [0.1, 0.15) is 26.2 Å². The molecule has 0 aliphatic carbocycles. The largest absolute Gasteiger partial charge is 0.496 e. The summed E-state index contributed by atoms with van der Waals surface area (Å²) in [5.74, 6) is 0.695. The first-order valence-electron chi connectivity index (χ1n) is 7.19. The van der Waals surface area contributed by atoms with E-state index in [1.54, 1.807) is 36.6 Å². The number of nitrogens with one attached hydrogen (secondary N) is 1. The average Bonchev–Trinajstić information content (AvgIpc) is 3.00. The van der Waals surface area contributed by atoms with E-state index in [-0.39, 0.29) is 12.0 Å². The van der Waals surface area contributed by atoms with Crippen molar-refractivity contribution in [2.75, 3.05) is 27.9 Å². The minimum absolute atomic E-state index is 0.182. The van der Waals surface area contributed by atoms with E-state index >= 15 is 0 Å². The van der Waals surface area contributed by atoms with Crippen molar-refractivity contribution in [3.63, 3.8) is 0 Å². The SMILES string of the molecule is COc1cccc(OC)c1C(=O)NC[C@H](OC)c1ccc(C)s1. The van der Waals surface area contributed by atoms with Gasteiger partial charge >= 0.3 is 0 Å². The number of benzene rings is 1. The van der Waals surface area contributed by atoms with Gasteiger partial charge in [0, 0.05) is 23.4 Å². The Morgan fingerprint density at radius 3 is 2.26 bits per heavy atom. The number of carbonyl (C=O) groups excluding carboxylic acids is 1. The maximum absolute atomic E-state index is 12.5. The van der Waals surface area contributed by atoms with Gasteiger partial charge in [-0.25, -0.2) is 0 Å². The van der Waals surface area contributed by atoms with Crippen LogP contribution in [-0.4, -0.2) is 33.8 Å². The lowest BCUT2D eigenvalue weighted by Gasteiger charge is -2.17. The third kappa shape index (κ3) is 4.03. The van der Waals surface area contributed by atoms with Crippen LogP contribution in [0.2, 0.25) is 0 Å². The first kappa shape index (κ1) is 17.3. The van der Waals surface area contributed by atoms with Crippen molar-refractivity contribution in [1.82, 2.24) is 5.32 Å². The number of ether oxygens (including phenoxy) is 3. The second-order valence-electron chi connectivity index (χ2n) is 4.92. The summed E-state index contributed by atoms with van der Waals surface area (Å²) in [5.41, 5.74) is 0.384. The smallest absolute Gasteiger partial charge is 0.258 e. The van der Waals surface area contributed by atoms with Gasteiger partial charge in [0.2, 0.25) is 0 Å². The van der Waals surface area contributed by atoms with E-state index in [2.05, 4.69) is 5.32 Å². The summed E-state index contributed by atoms with van der Waals surface area (Å²) >= 11 is 1.66. The van der Waals surface area contributed by atoms with Crippen LogP contribution in [-0.2, 0) is 4.74 Å². The van der Waals surface area contributed by atoms with Gasteiger partial charge in [0.15, 0.2) is 0 Å². The van der Waals surface area contributed by atoms with Crippen molar-refractivity contribution in [1.29, 1.82) is 0 Å². The van der Waals surface area contributed by atoms with Crippen molar-refractivity contribution >= 4 is 17.2 Å². The Morgan fingerprint density at radius 1 is 1.13 bits per heavy atom. The third-order valence-electron chi connectivity index (χ3n) is 3.47. The second kappa shape index (κ2) is 7.99. The number of rotatable bonds is 7. The normalized spacial score (nSPS) is 11.8. The first-order valence-corrected chi connectivity index (χ1v) is 8.00. The van der Waals surface area contributed by atoms with E-state index in [4.69, 9.17) is 14.2 Å². The molecule has 1 atom stereocenters. The maximum Gasteiger partial charge on any atom is 0.258 e. The van der Waals surface area contributed by atoms with Crippen LogP contribution in [0.3, 0.4) is 0 Å². The van der Waals surface area contributed by atoms with Crippen LogP contribution < -0.4 is 14.8 Å². The number of amides is 1. The summed E-state index contributed by atoms with van der Waals surface area (Å²) < 4.78 is 16.0. The number of methoxy groups -OCH3 is 3. The number of hydrogen-bond donors (Lipinski definition) is 1. The standard InChI is InChI=1S/C17H21NO4S/c1-11-8-9-15(23-11)14(22-4)10-18-17(19)16-12(20-2)6-5-7-13(16)21-3/h5-9,14H,10H2,1-4H3,(H,18,19)/t14-/m0/s1. The van der Waals surface area contributed by atoms with Gasteiger partial charge < -0.3 is 19.5 Å². The molecule has 1 amide bonds. The molecule has 1 aromatic heterocycles. The van der Waals surface area contributed by atoms with Crippen LogP contribution in [0.15, 0.2) is 30.3 Å². The molecular formula is C17H21NO4S.